The molecule has 0 N–H and O–H groups in total. The van der Waals surface area contributed by atoms with E-state index in [1.165, 1.54) is 16.7 Å². The number of aromatic nitrogens is 2. The Labute approximate surface area is 123 Å². The van der Waals surface area contributed by atoms with Gasteiger partial charge in [0.25, 0.3) is 0 Å². The molecule has 0 amide bonds. The first-order valence-corrected chi connectivity index (χ1v) is 7.31. The van der Waals surface area contributed by atoms with Crippen LogP contribution in [0, 0.1) is 0 Å². The average molecular weight is 279 g/mol. The van der Waals surface area contributed by atoms with Crippen molar-refractivity contribution in [3.05, 3.63) is 48.0 Å². The Bertz CT molecular complexity index is 711. The second-order valence-corrected chi connectivity index (χ2v) is 5.89. The van der Waals surface area contributed by atoms with E-state index in [1.54, 1.807) is 6.33 Å². The van der Waals surface area contributed by atoms with Crippen molar-refractivity contribution in [3.63, 3.8) is 0 Å². The molecule has 4 rings (SSSR count). The number of hydrogen-bond acceptors (Lipinski definition) is 4. The van der Waals surface area contributed by atoms with Crippen LogP contribution >= 0.6 is 0 Å². The summed E-state index contributed by atoms with van der Waals surface area (Å²) >= 11 is 0. The normalized spacial score (nSPS) is 23.6. The van der Waals surface area contributed by atoms with Gasteiger partial charge in [-0.1, -0.05) is 18.2 Å². The SMILES string of the molecule is CC1=N[C@@]2(CCc3cccc(-c4cncnc4)c3C2)CO1. The molecule has 0 radical (unpaired) electrons. The molecular weight excluding hydrogens is 262 g/mol. The highest BCUT2D eigenvalue weighted by atomic mass is 16.5. The molecule has 21 heavy (non-hydrogen) atoms. The topological polar surface area (TPSA) is 47.4 Å². The molecule has 4 nitrogen and oxygen atoms in total. The molecule has 1 atom stereocenters. The number of fused-ring (bicyclic) bond motifs is 1. The molecule has 1 aliphatic heterocycles. The fourth-order valence-corrected chi connectivity index (χ4v) is 3.43. The van der Waals surface area contributed by atoms with Crippen molar-refractivity contribution in [2.24, 2.45) is 4.99 Å². The van der Waals surface area contributed by atoms with E-state index in [1.807, 2.05) is 19.3 Å². The zero-order chi connectivity index (χ0) is 14.3. The molecule has 1 aromatic carbocycles. The molecule has 0 unspecified atom stereocenters. The van der Waals surface area contributed by atoms with Crippen molar-refractivity contribution in [3.8, 4) is 11.1 Å². The lowest BCUT2D eigenvalue weighted by molar-refractivity contribution is 0.236. The third kappa shape index (κ3) is 2.11. The van der Waals surface area contributed by atoms with Crippen LogP contribution in [0.4, 0.5) is 0 Å². The second kappa shape index (κ2) is 4.65. The van der Waals surface area contributed by atoms with E-state index in [-0.39, 0.29) is 5.54 Å². The summed E-state index contributed by atoms with van der Waals surface area (Å²) < 4.78 is 5.63. The summed E-state index contributed by atoms with van der Waals surface area (Å²) in [6, 6.07) is 6.50. The van der Waals surface area contributed by atoms with Crippen molar-refractivity contribution in [1.29, 1.82) is 0 Å². The maximum atomic E-state index is 5.63. The van der Waals surface area contributed by atoms with Gasteiger partial charge in [-0.15, -0.1) is 0 Å². The molecular formula is C17H17N3O. The lowest BCUT2D eigenvalue weighted by Gasteiger charge is -2.32. The lowest BCUT2D eigenvalue weighted by Crippen LogP contribution is -2.35. The molecule has 1 aromatic heterocycles. The van der Waals surface area contributed by atoms with Gasteiger partial charge in [-0.3, -0.25) is 0 Å². The zero-order valence-corrected chi connectivity index (χ0v) is 12.0. The van der Waals surface area contributed by atoms with Crippen LogP contribution in [-0.2, 0) is 17.6 Å². The molecule has 2 aromatic rings. The van der Waals surface area contributed by atoms with E-state index < -0.39 is 0 Å². The number of rotatable bonds is 1. The quantitative estimate of drug-likeness (QED) is 0.806. The van der Waals surface area contributed by atoms with Crippen molar-refractivity contribution < 1.29 is 4.74 Å². The van der Waals surface area contributed by atoms with Gasteiger partial charge in [0.2, 0.25) is 0 Å². The van der Waals surface area contributed by atoms with Gasteiger partial charge in [-0.2, -0.15) is 0 Å². The van der Waals surface area contributed by atoms with Crippen LogP contribution in [0.25, 0.3) is 11.1 Å². The highest BCUT2D eigenvalue weighted by Gasteiger charge is 2.39. The number of hydrogen-bond donors (Lipinski definition) is 0. The summed E-state index contributed by atoms with van der Waals surface area (Å²) in [4.78, 5) is 13.1. The van der Waals surface area contributed by atoms with E-state index >= 15 is 0 Å². The fourth-order valence-electron chi connectivity index (χ4n) is 3.43. The molecule has 1 aliphatic carbocycles. The Morgan fingerprint density at radius 3 is 2.81 bits per heavy atom. The zero-order valence-electron chi connectivity index (χ0n) is 12.0. The summed E-state index contributed by atoms with van der Waals surface area (Å²) in [5, 5.41) is 0. The Balaban J connectivity index is 1.80. The molecule has 0 bridgehead atoms. The number of aryl methyl sites for hydroxylation is 1. The van der Waals surface area contributed by atoms with Gasteiger partial charge in [0.15, 0.2) is 5.90 Å². The standard InChI is InChI=1S/C17H17N3O/c1-12-20-17(10-21-12)6-5-13-3-2-4-15(16(13)7-17)14-8-18-11-19-9-14/h2-4,8-9,11H,5-7,10H2,1H3/t17-/m1/s1. The summed E-state index contributed by atoms with van der Waals surface area (Å²) in [6.07, 6.45) is 8.37. The molecule has 106 valence electrons. The van der Waals surface area contributed by atoms with E-state index in [4.69, 9.17) is 9.73 Å². The van der Waals surface area contributed by atoms with Gasteiger partial charge in [0, 0.05) is 31.3 Å². The highest BCUT2D eigenvalue weighted by Crippen LogP contribution is 2.39. The Morgan fingerprint density at radius 2 is 2.05 bits per heavy atom. The molecule has 0 saturated carbocycles. The third-order valence-electron chi connectivity index (χ3n) is 4.45. The van der Waals surface area contributed by atoms with Crippen LogP contribution in [0.5, 0.6) is 0 Å². The monoisotopic (exact) mass is 279 g/mol. The predicted octanol–water partition coefficient (Wildman–Crippen LogP) is 2.82. The Kier molecular flexibility index (Phi) is 2.77. The molecule has 2 aliphatic rings. The van der Waals surface area contributed by atoms with Gasteiger partial charge in [0.05, 0.1) is 0 Å². The molecule has 4 heteroatoms. The van der Waals surface area contributed by atoms with Crippen molar-refractivity contribution in [2.75, 3.05) is 6.61 Å². The minimum absolute atomic E-state index is 0.0666. The number of aliphatic imine (C=N–C) groups is 1. The van der Waals surface area contributed by atoms with Gasteiger partial charge < -0.3 is 4.74 Å². The van der Waals surface area contributed by atoms with E-state index in [9.17, 15) is 0 Å². The van der Waals surface area contributed by atoms with E-state index in [0.717, 1.165) is 30.7 Å². The van der Waals surface area contributed by atoms with Crippen LogP contribution in [0.3, 0.4) is 0 Å². The van der Waals surface area contributed by atoms with Gasteiger partial charge >= 0.3 is 0 Å². The average Bonchev–Trinajstić information content (AvgIpc) is 2.88. The molecule has 1 spiro atoms. The second-order valence-electron chi connectivity index (χ2n) is 5.89. The number of ether oxygens (including phenoxy) is 1. The van der Waals surface area contributed by atoms with Gasteiger partial charge in [0.1, 0.15) is 18.5 Å². The van der Waals surface area contributed by atoms with E-state index in [0.29, 0.717) is 6.61 Å². The molecule has 2 heterocycles. The smallest absolute Gasteiger partial charge is 0.180 e. The van der Waals surface area contributed by atoms with Crippen molar-refractivity contribution in [1.82, 2.24) is 9.97 Å². The summed E-state index contributed by atoms with van der Waals surface area (Å²) in [7, 11) is 0. The maximum absolute atomic E-state index is 5.63. The van der Waals surface area contributed by atoms with E-state index in [2.05, 4.69) is 28.2 Å². The van der Waals surface area contributed by atoms with Crippen molar-refractivity contribution >= 4 is 5.90 Å². The third-order valence-corrected chi connectivity index (χ3v) is 4.45. The fraction of sp³-hybridized carbons (Fsp3) is 0.353. The van der Waals surface area contributed by atoms with Crippen LogP contribution in [0.2, 0.25) is 0 Å². The first kappa shape index (κ1) is 12.5. The van der Waals surface area contributed by atoms with Crippen molar-refractivity contribution in [2.45, 2.75) is 31.7 Å². The van der Waals surface area contributed by atoms with Crippen LogP contribution in [-0.4, -0.2) is 28.0 Å². The molecule has 0 fully saturated rings. The summed E-state index contributed by atoms with van der Waals surface area (Å²) in [6.45, 7) is 2.65. The highest BCUT2D eigenvalue weighted by molar-refractivity contribution is 5.76. The summed E-state index contributed by atoms with van der Waals surface area (Å²) in [5.41, 5.74) is 5.03. The van der Waals surface area contributed by atoms with Gasteiger partial charge in [-0.05, 0) is 29.5 Å². The Hall–Kier alpha value is -2.23. The van der Waals surface area contributed by atoms with Gasteiger partial charge in [-0.25, -0.2) is 15.0 Å². The lowest BCUT2D eigenvalue weighted by atomic mass is 9.76. The minimum atomic E-state index is -0.0666. The van der Waals surface area contributed by atoms with Crippen LogP contribution in [0.15, 0.2) is 41.9 Å². The molecule has 0 saturated heterocycles. The minimum Gasteiger partial charge on any atom is -0.479 e. The van der Waals surface area contributed by atoms with Crippen LogP contribution < -0.4 is 0 Å². The number of benzene rings is 1. The summed E-state index contributed by atoms with van der Waals surface area (Å²) in [5.74, 6) is 0.818. The number of nitrogens with zero attached hydrogens (tertiary/aromatic N) is 3. The largest absolute Gasteiger partial charge is 0.479 e. The Morgan fingerprint density at radius 1 is 1.19 bits per heavy atom. The van der Waals surface area contributed by atoms with Crippen LogP contribution in [0.1, 0.15) is 24.5 Å². The first-order valence-electron chi connectivity index (χ1n) is 7.31. The predicted molar refractivity (Wildman–Crippen MR) is 81.3 cm³/mol. The maximum Gasteiger partial charge on any atom is 0.180 e. The first-order chi connectivity index (χ1) is 10.3.